The fraction of sp³-hybridized carbons (Fsp3) is 0.238. The van der Waals surface area contributed by atoms with Crippen molar-refractivity contribution in [2.75, 3.05) is 19.0 Å². The molecule has 0 aliphatic rings. The van der Waals surface area contributed by atoms with Gasteiger partial charge in [0.2, 0.25) is 5.91 Å². The van der Waals surface area contributed by atoms with Crippen LogP contribution in [0.25, 0.3) is 10.6 Å². The smallest absolute Gasteiger partial charge is 0.224 e. The molecule has 5 nitrogen and oxygen atoms in total. The number of methoxy groups -OCH3 is 1. The number of para-hydroxylation sites is 2. The number of carbonyl (C=O) groups is 1. The fourth-order valence-corrected chi connectivity index (χ4v) is 3.47. The van der Waals surface area contributed by atoms with Crippen LogP contribution in [0.4, 0.5) is 5.69 Å². The number of hydrogen-bond donors (Lipinski definition) is 1. The molecule has 1 heterocycles. The van der Waals surface area contributed by atoms with Crippen molar-refractivity contribution in [3.63, 3.8) is 0 Å². The number of rotatable bonds is 8. The molecule has 1 amide bonds. The van der Waals surface area contributed by atoms with E-state index in [1.165, 1.54) is 0 Å². The first-order valence-electron chi connectivity index (χ1n) is 8.80. The summed E-state index contributed by atoms with van der Waals surface area (Å²) in [6, 6.07) is 15.3. The van der Waals surface area contributed by atoms with Crippen molar-refractivity contribution < 1.29 is 14.3 Å². The molecule has 2 aromatic carbocycles. The number of carbonyl (C=O) groups excluding carboxylic acids is 1. The standard InChI is InChI=1S/C21H22N2O3S/c1-3-26-19-10-5-4-9-18(19)23-20(24)12-11-16-14-27-21(22-16)15-7-6-8-17(13-15)25-2/h4-10,13-14H,3,11-12H2,1-2H3,(H,23,24). The van der Waals surface area contributed by atoms with E-state index in [1.807, 2.05) is 60.8 Å². The molecule has 3 rings (SSSR count). The maximum atomic E-state index is 12.3. The average Bonchev–Trinajstić information content (AvgIpc) is 3.17. The number of thiazole rings is 1. The van der Waals surface area contributed by atoms with Gasteiger partial charge >= 0.3 is 0 Å². The summed E-state index contributed by atoms with van der Waals surface area (Å²) in [6.45, 7) is 2.47. The second kappa shape index (κ2) is 9.19. The molecule has 1 N–H and O–H groups in total. The van der Waals surface area contributed by atoms with Crippen molar-refractivity contribution in [3.8, 4) is 22.1 Å². The molecule has 0 radical (unpaired) electrons. The zero-order chi connectivity index (χ0) is 19.1. The van der Waals surface area contributed by atoms with Gasteiger partial charge in [-0.1, -0.05) is 24.3 Å². The van der Waals surface area contributed by atoms with Gasteiger partial charge in [0.05, 0.1) is 25.1 Å². The Morgan fingerprint density at radius 1 is 1.19 bits per heavy atom. The lowest BCUT2D eigenvalue weighted by Gasteiger charge is -2.10. The van der Waals surface area contributed by atoms with Crippen LogP contribution in [-0.4, -0.2) is 24.6 Å². The zero-order valence-corrected chi connectivity index (χ0v) is 16.2. The van der Waals surface area contributed by atoms with Crippen LogP contribution < -0.4 is 14.8 Å². The Morgan fingerprint density at radius 2 is 2.04 bits per heavy atom. The Balaban J connectivity index is 1.59. The summed E-state index contributed by atoms with van der Waals surface area (Å²) in [4.78, 5) is 16.9. The SMILES string of the molecule is CCOc1ccccc1NC(=O)CCc1csc(-c2cccc(OC)c2)n1. The first kappa shape index (κ1) is 18.9. The lowest BCUT2D eigenvalue weighted by Crippen LogP contribution is -2.13. The molecule has 0 fully saturated rings. The predicted octanol–water partition coefficient (Wildman–Crippen LogP) is 4.79. The third kappa shape index (κ3) is 5.08. The summed E-state index contributed by atoms with van der Waals surface area (Å²) >= 11 is 1.57. The van der Waals surface area contributed by atoms with Crippen LogP contribution in [0.15, 0.2) is 53.9 Å². The van der Waals surface area contributed by atoms with Crippen molar-refractivity contribution in [1.29, 1.82) is 0 Å². The van der Waals surface area contributed by atoms with E-state index in [2.05, 4.69) is 10.3 Å². The Bertz CT molecular complexity index is 908. The summed E-state index contributed by atoms with van der Waals surface area (Å²) in [5.74, 6) is 1.43. The maximum Gasteiger partial charge on any atom is 0.224 e. The molecule has 0 saturated heterocycles. The molecule has 6 heteroatoms. The van der Waals surface area contributed by atoms with E-state index in [0.717, 1.165) is 22.0 Å². The molecule has 0 aliphatic carbocycles. The van der Waals surface area contributed by atoms with Crippen LogP contribution in [0.5, 0.6) is 11.5 Å². The van der Waals surface area contributed by atoms with Crippen molar-refractivity contribution in [2.24, 2.45) is 0 Å². The topological polar surface area (TPSA) is 60.5 Å². The number of hydrogen-bond acceptors (Lipinski definition) is 5. The Hall–Kier alpha value is -2.86. The molecule has 3 aromatic rings. The Kier molecular flexibility index (Phi) is 6.44. The number of aryl methyl sites for hydroxylation is 1. The van der Waals surface area contributed by atoms with E-state index < -0.39 is 0 Å². The van der Waals surface area contributed by atoms with Gasteiger partial charge in [-0.15, -0.1) is 11.3 Å². The first-order valence-corrected chi connectivity index (χ1v) is 9.68. The summed E-state index contributed by atoms with van der Waals surface area (Å²) in [7, 11) is 1.65. The molecule has 140 valence electrons. The van der Waals surface area contributed by atoms with Crippen LogP contribution in [0.1, 0.15) is 19.0 Å². The minimum absolute atomic E-state index is 0.0573. The molecule has 0 aliphatic heterocycles. The van der Waals surface area contributed by atoms with E-state index >= 15 is 0 Å². The highest BCUT2D eigenvalue weighted by atomic mass is 32.1. The van der Waals surface area contributed by atoms with E-state index in [-0.39, 0.29) is 5.91 Å². The number of ether oxygens (including phenoxy) is 2. The van der Waals surface area contributed by atoms with E-state index in [4.69, 9.17) is 9.47 Å². The summed E-state index contributed by atoms with van der Waals surface area (Å²) in [5, 5.41) is 5.83. The van der Waals surface area contributed by atoms with Crippen LogP contribution in [0.3, 0.4) is 0 Å². The van der Waals surface area contributed by atoms with Crippen molar-refractivity contribution in [2.45, 2.75) is 19.8 Å². The normalized spacial score (nSPS) is 10.4. The zero-order valence-electron chi connectivity index (χ0n) is 15.4. The molecule has 0 unspecified atom stereocenters. The molecule has 0 saturated carbocycles. The van der Waals surface area contributed by atoms with Crippen molar-refractivity contribution >= 4 is 22.9 Å². The van der Waals surface area contributed by atoms with Crippen LogP contribution in [0.2, 0.25) is 0 Å². The summed E-state index contributed by atoms with van der Waals surface area (Å²) in [6.07, 6.45) is 0.949. The molecule has 0 atom stereocenters. The van der Waals surface area contributed by atoms with Crippen LogP contribution in [-0.2, 0) is 11.2 Å². The first-order chi connectivity index (χ1) is 13.2. The quantitative estimate of drug-likeness (QED) is 0.609. The number of anilines is 1. The second-order valence-electron chi connectivity index (χ2n) is 5.85. The Morgan fingerprint density at radius 3 is 2.85 bits per heavy atom. The number of nitrogens with one attached hydrogen (secondary N) is 1. The lowest BCUT2D eigenvalue weighted by molar-refractivity contribution is -0.116. The van der Waals surface area contributed by atoms with Crippen molar-refractivity contribution in [3.05, 3.63) is 59.6 Å². The number of amides is 1. The van der Waals surface area contributed by atoms with Crippen molar-refractivity contribution in [1.82, 2.24) is 4.98 Å². The largest absolute Gasteiger partial charge is 0.497 e. The van der Waals surface area contributed by atoms with Gasteiger partial charge in [0, 0.05) is 17.4 Å². The summed E-state index contributed by atoms with van der Waals surface area (Å²) < 4.78 is 10.8. The van der Waals surface area contributed by atoms with Gasteiger partial charge in [0.1, 0.15) is 16.5 Å². The number of benzene rings is 2. The van der Waals surface area contributed by atoms with Gasteiger partial charge in [-0.2, -0.15) is 0 Å². The third-order valence-corrected chi connectivity index (χ3v) is 4.88. The summed E-state index contributed by atoms with van der Waals surface area (Å²) in [5.41, 5.74) is 2.62. The van der Waals surface area contributed by atoms with Gasteiger partial charge in [0.15, 0.2) is 0 Å². The molecule has 27 heavy (non-hydrogen) atoms. The highest BCUT2D eigenvalue weighted by Crippen LogP contribution is 2.27. The monoisotopic (exact) mass is 382 g/mol. The van der Waals surface area contributed by atoms with E-state index in [1.54, 1.807) is 18.4 Å². The lowest BCUT2D eigenvalue weighted by atomic mass is 10.2. The van der Waals surface area contributed by atoms with E-state index in [9.17, 15) is 4.79 Å². The molecule has 1 aromatic heterocycles. The van der Waals surface area contributed by atoms with Gasteiger partial charge in [-0.3, -0.25) is 4.79 Å². The average molecular weight is 382 g/mol. The van der Waals surface area contributed by atoms with Gasteiger partial charge in [0.25, 0.3) is 0 Å². The minimum Gasteiger partial charge on any atom is -0.497 e. The van der Waals surface area contributed by atoms with Gasteiger partial charge in [-0.05, 0) is 37.6 Å². The van der Waals surface area contributed by atoms with Gasteiger partial charge < -0.3 is 14.8 Å². The fourth-order valence-electron chi connectivity index (χ4n) is 2.62. The minimum atomic E-state index is -0.0573. The van der Waals surface area contributed by atoms with Crippen LogP contribution in [0, 0.1) is 0 Å². The molecular weight excluding hydrogens is 360 g/mol. The third-order valence-electron chi connectivity index (χ3n) is 3.94. The predicted molar refractivity (Wildman–Crippen MR) is 109 cm³/mol. The molecule has 0 bridgehead atoms. The molecule has 0 spiro atoms. The second-order valence-corrected chi connectivity index (χ2v) is 6.71. The van der Waals surface area contributed by atoms with Crippen LogP contribution >= 0.6 is 11.3 Å². The molecular formula is C21H22N2O3S. The van der Waals surface area contributed by atoms with Gasteiger partial charge in [-0.25, -0.2) is 4.98 Å². The number of aromatic nitrogens is 1. The number of nitrogens with zero attached hydrogens (tertiary/aromatic N) is 1. The highest BCUT2D eigenvalue weighted by Gasteiger charge is 2.10. The van der Waals surface area contributed by atoms with E-state index in [0.29, 0.717) is 30.9 Å². The Labute approximate surface area is 163 Å². The highest BCUT2D eigenvalue weighted by molar-refractivity contribution is 7.13. The maximum absolute atomic E-state index is 12.3.